The number of ether oxygens (including phenoxy) is 1. The molecule has 2 rings (SSSR count). The second kappa shape index (κ2) is 8.11. The fourth-order valence-corrected chi connectivity index (χ4v) is 4.92. The number of rotatable bonds is 4. The third-order valence-electron chi connectivity index (χ3n) is 3.83. The van der Waals surface area contributed by atoms with E-state index in [0.29, 0.717) is 18.8 Å². The van der Waals surface area contributed by atoms with E-state index in [1.807, 2.05) is 0 Å². The first kappa shape index (κ1) is 18.2. The lowest BCUT2D eigenvalue weighted by atomic mass is 10.1. The van der Waals surface area contributed by atoms with E-state index in [2.05, 4.69) is 32.9 Å². The summed E-state index contributed by atoms with van der Waals surface area (Å²) in [5.41, 5.74) is 3.66. The molecule has 0 aromatic heterocycles. The highest BCUT2D eigenvalue weighted by Gasteiger charge is 2.29. The SMILES string of the molecule is COC(=O)[C@@H]1CN(C(=O)CSc2c(C)cc(C)cc2C)CCS1. The summed E-state index contributed by atoms with van der Waals surface area (Å²) in [5.74, 6) is 1.02. The van der Waals surface area contributed by atoms with E-state index in [9.17, 15) is 9.59 Å². The van der Waals surface area contributed by atoms with Crippen LogP contribution in [0.2, 0.25) is 0 Å². The van der Waals surface area contributed by atoms with Crippen LogP contribution in [0, 0.1) is 20.8 Å². The number of benzene rings is 1. The molecule has 1 fully saturated rings. The van der Waals surface area contributed by atoms with Gasteiger partial charge in [-0.25, -0.2) is 0 Å². The predicted molar refractivity (Wildman–Crippen MR) is 96.2 cm³/mol. The molecule has 1 aromatic rings. The zero-order chi connectivity index (χ0) is 17.0. The third kappa shape index (κ3) is 4.67. The number of amides is 1. The van der Waals surface area contributed by atoms with E-state index in [-0.39, 0.29) is 17.1 Å². The summed E-state index contributed by atoms with van der Waals surface area (Å²) in [7, 11) is 1.39. The molecular weight excluding hydrogens is 330 g/mol. The molecule has 0 radical (unpaired) electrons. The van der Waals surface area contributed by atoms with Crippen LogP contribution in [0.25, 0.3) is 0 Å². The van der Waals surface area contributed by atoms with Gasteiger partial charge >= 0.3 is 5.97 Å². The molecule has 1 saturated heterocycles. The Kier molecular flexibility index (Phi) is 6.41. The molecule has 1 aromatic carbocycles. The van der Waals surface area contributed by atoms with Crippen molar-refractivity contribution in [2.45, 2.75) is 30.9 Å². The lowest BCUT2D eigenvalue weighted by molar-refractivity contribution is -0.141. The van der Waals surface area contributed by atoms with Gasteiger partial charge in [-0.2, -0.15) is 0 Å². The lowest BCUT2D eigenvalue weighted by Crippen LogP contribution is -2.45. The quantitative estimate of drug-likeness (QED) is 0.615. The molecule has 0 unspecified atom stereocenters. The van der Waals surface area contributed by atoms with Gasteiger partial charge in [-0.3, -0.25) is 9.59 Å². The number of carbonyl (C=O) groups excluding carboxylic acids is 2. The topological polar surface area (TPSA) is 46.6 Å². The summed E-state index contributed by atoms with van der Waals surface area (Å²) in [6.45, 7) is 7.39. The van der Waals surface area contributed by atoms with Crippen molar-refractivity contribution in [3.63, 3.8) is 0 Å². The van der Waals surface area contributed by atoms with Gasteiger partial charge in [0.2, 0.25) is 5.91 Å². The maximum atomic E-state index is 12.5. The van der Waals surface area contributed by atoms with E-state index >= 15 is 0 Å². The average Bonchev–Trinajstić information content (AvgIpc) is 2.53. The fraction of sp³-hybridized carbons (Fsp3) is 0.529. The number of thioether (sulfide) groups is 2. The van der Waals surface area contributed by atoms with E-state index < -0.39 is 0 Å². The molecule has 1 atom stereocenters. The molecule has 0 N–H and O–H groups in total. The fourth-order valence-electron chi connectivity index (χ4n) is 2.77. The van der Waals surface area contributed by atoms with Crippen LogP contribution < -0.4 is 0 Å². The van der Waals surface area contributed by atoms with E-state index in [1.165, 1.54) is 28.7 Å². The summed E-state index contributed by atoms with van der Waals surface area (Å²) < 4.78 is 4.79. The Morgan fingerprint density at radius 2 is 1.96 bits per heavy atom. The molecular formula is C17H23NO3S2. The molecule has 1 amide bonds. The second-order valence-corrected chi connectivity index (χ2v) is 8.04. The van der Waals surface area contributed by atoms with Crippen molar-refractivity contribution < 1.29 is 14.3 Å². The molecule has 6 heteroatoms. The van der Waals surface area contributed by atoms with Crippen molar-refractivity contribution in [1.82, 2.24) is 4.90 Å². The van der Waals surface area contributed by atoms with Gasteiger partial charge < -0.3 is 9.64 Å². The molecule has 0 bridgehead atoms. The first-order valence-corrected chi connectivity index (χ1v) is 9.63. The lowest BCUT2D eigenvalue weighted by Gasteiger charge is -2.31. The summed E-state index contributed by atoms with van der Waals surface area (Å²) in [5, 5.41) is -0.259. The number of methoxy groups -OCH3 is 1. The van der Waals surface area contributed by atoms with Crippen LogP contribution >= 0.6 is 23.5 Å². The molecule has 0 saturated carbocycles. The minimum atomic E-state index is -0.259. The Bertz CT molecular complexity index is 580. The van der Waals surface area contributed by atoms with Gasteiger partial charge in [-0.15, -0.1) is 23.5 Å². The van der Waals surface area contributed by atoms with Gasteiger partial charge in [-0.05, 0) is 31.9 Å². The maximum Gasteiger partial charge on any atom is 0.320 e. The van der Waals surface area contributed by atoms with Crippen LogP contribution in [0.4, 0.5) is 0 Å². The Morgan fingerprint density at radius 3 is 2.57 bits per heavy atom. The molecule has 23 heavy (non-hydrogen) atoms. The first-order chi connectivity index (χ1) is 10.9. The zero-order valence-electron chi connectivity index (χ0n) is 14.0. The highest BCUT2D eigenvalue weighted by atomic mass is 32.2. The van der Waals surface area contributed by atoms with Crippen LogP contribution in [0.3, 0.4) is 0 Å². The summed E-state index contributed by atoms with van der Waals surface area (Å²) in [4.78, 5) is 27.1. The number of nitrogens with zero attached hydrogens (tertiary/aromatic N) is 1. The molecule has 126 valence electrons. The monoisotopic (exact) mass is 353 g/mol. The molecule has 1 aliphatic rings. The van der Waals surface area contributed by atoms with Crippen LogP contribution in [0.1, 0.15) is 16.7 Å². The summed E-state index contributed by atoms with van der Waals surface area (Å²) in [6.07, 6.45) is 0. The van der Waals surface area contributed by atoms with E-state index in [4.69, 9.17) is 4.74 Å². The minimum absolute atomic E-state index is 0.0866. The standard InChI is InChI=1S/C17H23NO3S2/c1-11-7-12(2)16(13(3)8-11)23-10-15(19)18-5-6-22-14(9-18)17(20)21-4/h7-8,14H,5-6,9-10H2,1-4H3/t14-/m0/s1. The van der Waals surface area contributed by atoms with E-state index in [1.54, 1.807) is 28.4 Å². The van der Waals surface area contributed by atoms with Crippen molar-refractivity contribution in [3.05, 3.63) is 28.8 Å². The van der Waals surface area contributed by atoms with Crippen molar-refractivity contribution in [3.8, 4) is 0 Å². The summed E-state index contributed by atoms with van der Waals surface area (Å²) in [6, 6.07) is 4.29. The molecule has 0 aliphatic carbocycles. The van der Waals surface area contributed by atoms with Gasteiger partial charge in [-0.1, -0.05) is 17.7 Å². The zero-order valence-corrected chi connectivity index (χ0v) is 15.7. The maximum absolute atomic E-state index is 12.5. The minimum Gasteiger partial charge on any atom is -0.468 e. The van der Waals surface area contributed by atoms with Crippen molar-refractivity contribution >= 4 is 35.4 Å². The van der Waals surface area contributed by atoms with Gasteiger partial charge in [0.1, 0.15) is 5.25 Å². The highest BCUT2D eigenvalue weighted by molar-refractivity contribution is 8.00. The normalized spacial score (nSPS) is 17.9. The molecule has 0 spiro atoms. The van der Waals surface area contributed by atoms with Crippen LogP contribution in [-0.4, -0.2) is 53.7 Å². The molecule has 1 heterocycles. The van der Waals surface area contributed by atoms with Gasteiger partial charge in [0, 0.05) is 23.7 Å². The van der Waals surface area contributed by atoms with E-state index in [0.717, 1.165) is 5.75 Å². The third-order valence-corrected chi connectivity index (χ3v) is 6.31. The van der Waals surface area contributed by atoms with Crippen LogP contribution in [-0.2, 0) is 14.3 Å². The Balaban J connectivity index is 1.96. The number of hydrogen-bond donors (Lipinski definition) is 0. The molecule has 4 nitrogen and oxygen atoms in total. The van der Waals surface area contributed by atoms with Crippen molar-refractivity contribution in [2.24, 2.45) is 0 Å². The van der Waals surface area contributed by atoms with Crippen molar-refractivity contribution in [1.29, 1.82) is 0 Å². The van der Waals surface area contributed by atoms with Crippen molar-refractivity contribution in [2.75, 3.05) is 31.7 Å². The molecule has 1 aliphatic heterocycles. The highest BCUT2D eigenvalue weighted by Crippen LogP contribution is 2.28. The summed E-state index contributed by atoms with van der Waals surface area (Å²) >= 11 is 3.15. The van der Waals surface area contributed by atoms with Gasteiger partial charge in [0.15, 0.2) is 0 Å². The number of hydrogen-bond acceptors (Lipinski definition) is 5. The number of carbonyl (C=O) groups is 2. The van der Waals surface area contributed by atoms with Gasteiger partial charge in [0.25, 0.3) is 0 Å². The number of aryl methyl sites for hydroxylation is 3. The average molecular weight is 354 g/mol. The van der Waals surface area contributed by atoms with Crippen LogP contribution in [0.5, 0.6) is 0 Å². The number of esters is 1. The second-order valence-electron chi connectivity index (χ2n) is 5.74. The largest absolute Gasteiger partial charge is 0.468 e. The predicted octanol–water partition coefficient (Wildman–Crippen LogP) is 2.82. The Labute approximate surface area is 146 Å². The Morgan fingerprint density at radius 1 is 1.30 bits per heavy atom. The first-order valence-electron chi connectivity index (χ1n) is 7.60. The van der Waals surface area contributed by atoms with Crippen LogP contribution in [0.15, 0.2) is 17.0 Å². The Hall–Kier alpha value is -1.14. The smallest absolute Gasteiger partial charge is 0.320 e. The van der Waals surface area contributed by atoms with Gasteiger partial charge in [0.05, 0.1) is 12.9 Å².